The number of methoxy groups -OCH3 is 1. The Hall–Kier alpha value is -1.68. The molecular formula is C14H16N2OS. The Labute approximate surface area is 112 Å². The van der Waals surface area contributed by atoms with E-state index in [2.05, 4.69) is 9.97 Å². The van der Waals surface area contributed by atoms with Gasteiger partial charge in [-0.3, -0.25) is 0 Å². The van der Waals surface area contributed by atoms with E-state index in [4.69, 9.17) is 17.0 Å². The molecule has 0 saturated heterocycles. The number of hydrogen-bond acceptors (Lipinski definition) is 3. The minimum atomic E-state index is 0.629. The van der Waals surface area contributed by atoms with Gasteiger partial charge in [-0.05, 0) is 38.5 Å². The van der Waals surface area contributed by atoms with Crippen LogP contribution in [-0.4, -0.2) is 17.1 Å². The van der Waals surface area contributed by atoms with Crippen molar-refractivity contribution in [2.45, 2.75) is 20.8 Å². The second-order valence-electron chi connectivity index (χ2n) is 4.34. The Morgan fingerprint density at radius 3 is 2.56 bits per heavy atom. The molecule has 2 rings (SSSR count). The summed E-state index contributed by atoms with van der Waals surface area (Å²) in [5, 5.41) is 0. The average Bonchev–Trinajstić information content (AvgIpc) is 2.35. The topological polar surface area (TPSA) is 37.9 Å². The fourth-order valence-electron chi connectivity index (χ4n) is 1.77. The molecule has 0 saturated carbocycles. The minimum Gasteiger partial charge on any atom is -0.496 e. The quantitative estimate of drug-likeness (QED) is 0.836. The Bertz CT molecular complexity index is 647. The number of rotatable bonds is 2. The van der Waals surface area contributed by atoms with E-state index in [1.807, 2.05) is 39.0 Å². The van der Waals surface area contributed by atoms with Crippen LogP contribution in [0.1, 0.15) is 16.8 Å². The first-order valence-corrected chi connectivity index (χ1v) is 6.16. The van der Waals surface area contributed by atoms with Crippen LogP contribution in [0.2, 0.25) is 0 Å². The molecule has 94 valence electrons. The maximum atomic E-state index is 5.40. The number of hydrogen-bond donors (Lipinski definition) is 1. The van der Waals surface area contributed by atoms with Crippen LogP contribution in [-0.2, 0) is 0 Å². The van der Waals surface area contributed by atoms with Crippen molar-refractivity contribution in [3.8, 4) is 17.1 Å². The summed E-state index contributed by atoms with van der Waals surface area (Å²) in [5.41, 5.74) is 4.13. The molecule has 0 spiro atoms. The van der Waals surface area contributed by atoms with Gasteiger partial charge in [0.25, 0.3) is 0 Å². The molecule has 0 fully saturated rings. The van der Waals surface area contributed by atoms with E-state index >= 15 is 0 Å². The van der Waals surface area contributed by atoms with Gasteiger partial charge in [0.15, 0.2) is 0 Å². The second kappa shape index (κ2) is 4.90. The number of benzene rings is 1. The van der Waals surface area contributed by atoms with E-state index in [1.165, 1.54) is 0 Å². The first kappa shape index (κ1) is 12.8. The molecule has 1 heterocycles. The van der Waals surface area contributed by atoms with E-state index in [9.17, 15) is 0 Å². The maximum Gasteiger partial charge on any atom is 0.142 e. The number of nitrogens with one attached hydrogen (secondary N) is 1. The molecule has 1 aromatic carbocycles. The Morgan fingerprint density at radius 1 is 1.22 bits per heavy atom. The molecule has 18 heavy (non-hydrogen) atoms. The molecule has 0 aliphatic rings. The molecule has 1 N–H and O–H groups in total. The van der Waals surface area contributed by atoms with Crippen molar-refractivity contribution in [1.29, 1.82) is 0 Å². The van der Waals surface area contributed by atoms with Crippen molar-refractivity contribution in [2.75, 3.05) is 7.11 Å². The SMILES string of the molecule is COc1cc(C)ccc1-c1nc(=S)c(C)c(C)[nH]1. The lowest BCUT2D eigenvalue weighted by Gasteiger charge is -2.10. The summed E-state index contributed by atoms with van der Waals surface area (Å²) < 4.78 is 6.03. The van der Waals surface area contributed by atoms with Gasteiger partial charge < -0.3 is 9.72 Å². The Balaban J connectivity index is 2.66. The molecule has 0 bridgehead atoms. The van der Waals surface area contributed by atoms with Gasteiger partial charge >= 0.3 is 0 Å². The molecular weight excluding hydrogens is 244 g/mol. The number of nitrogens with zero attached hydrogens (tertiary/aromatic N) is 1. The van der Waals surface area contributed by atoms with Crippen LogP contribution in [0.15, 0.2) is 18.2 Å². The zero-order valence-corrected chi connectivity index (χ0v) is 11.8. The third-order valence-corrected chi connectivity index (χ3v) is 3.41. The molecule has 0 aliphatic carbocycles. The van der Waals surface area contributed by atoms with E-state index in [0.717, 1.165) is 34.0 Å². The number of ether oxygens (including phenoxy) is 1. The highest BCUT2D eigenvalue weighted by Crippen LogP contribution is 2.28. The predicted molar refractivity (Wildman–Crippen MR) is 75.6 cm³/mol. The highest BCUT2D eigenvalue weighted by Gasteiger charge is 2.09. The largest absolute Gasteiger partial charge is 0.496 e. The number of aromatic amines is 1. The first-order valence-electron chi connectivity index (χ1n) is 5.75. The molecule has 0 atom stereocenters. The van der Waals surface area contributed by atoms with Crippen LogP contribution in [0, 0.1) is 25.4 Å². The fraction of sp³-hybridized carbons (Fsp3) is 0.286. The molecule has 0 aliphatic heterocycles. The van der Waals surface area contributed by atoms with Gasteiger partial charge in [0.05, 0.1) is 12.7 Å². The predicted octanol–water partition coefficient (Wildman–Crippen LogP) is 3.74. The number of H-pyrrole nitrogens is 1. The summed E-state index contributed by atoms with van der Waals surface area (Å²) in [6.07, 6.45) is 0. The molecule has 0 radical (unpaired) electrons. The zero-order valence-electron chi connectivity index (χ0n) is 11.0. The summed E-state index contributed by atoms with van der Waals surface area (Å²) in [4.78, 5) is 7.69. The lowest BCUT2D eigenvalue weighted by molar-refractivity contribution is 0.416. The summed E-state index contributed by atoms with van der Waals surface area (Å²) in [6.45, 7) is 6.00. The van der Waals surface area contributed by atoms with Crippen LogP contribution < -0.4 is 4.74 Å². The molecule has 2 aromatic rings. The van der Waals surface area contributed by atoms with Gasteiger partial charge in [-0.15, -0.1) is 0 Å². The summed E-state index contributed by atoms with van der Waals surface area (Å²) in [7, 11) is 1.66. The van der Waals surface area contributed by atoms with Gasteiger partial charge in [-0.25, -0.2) is 4.98 Å². The van der Waals surface area contributed by atoms with Gasteiger partial charge in [-0.2, -0.15) is 0 Å². The monoisotopic (exact) mass is 260 g/mol. The van der Waals surface area contributed by atoms with Crippen molar-refractivity contribution in [2.24, 2.45) is 0 Å². The van der Waals surface area contributed by atoms with E-state index in [1.54, 1.807) is 7.11 Å². The normalized spacial score (nSPS) is 10.4. The number of aromatic nitrogens is 2. The van der Waals surface area contributed by atoms with Crippen LogP contribution in [0.25, 0.3) is 11.4 Å². The van der Waals surface area contributed by atoms with Crippen molar-refractivity contribution in [1.82, 2.24) is 9.97 Å². The van der Waals surface area contributed by atoms with Crippen molar-refractivity contribution in [3.05, 3.63) is 39.7 Å². The molecule has 1 aromatic heterocycles. The summed E-state index contributed by atoms with van der Waals surface area (Å²) in [5.74, 6) is 1.55. The van der Waals surface area contributed by atoms with E-state index < -0.39 is 0 Å². The molecule has 3 nitrogen and oxygen atoms in total. The lowest BCUT2D eigenvalue weighted by Crippen LogP contribution is -1.98. The Kier molecular flexibility index (Phi) is 3.48. The summed E-state index contributed by atoms with van der Waals surface area (Å²) in [6, 6.07) is 6.02. The summed E-state index contributed by atoms with van der Waals surface area (Å²) >= 11 is 5.26. The zero-order chi connectivity index (χ0) is 13.3. The fourth-order valence-corrected chi connectivity index (χ4v) is 2.01. The maximum absolute atomic E-state index is 5.40. The van der Waals surface area contributed by atoms with Gasteiger partial charge in [0.1, 0.15) is 16.2 Å². The smallest absolute Gasteiger partial charge is 0.142 e. The van der Waals surface area contributed by atoms with Crippen molar-refractivity contribution in [3.63, 3.8) is 0 Å². The highest BCUT2D eigenvalue weighted by atomic mass is 32.1. The van der Waals surface area contributed by atoms with Crippen LogP contribution in [0.4, 0.5) is 0 Å². The van der Waals surface area contributed by atoms with E-state index in [-0.39, 0.29) is 0 Å². The Morgan fingerprint density at radius 2 is 1.94 bits per heavy atom. The van der Waals surface area contributed by atoms with Crippen LogP contribution >= 0.6 is 12.2 Å². The highest BCUT2D eigenvalue weighted by molar-refractivity contribution is 7.71. The van der Waals surface area contributed by atoms with Crippen LogP contribution in [0.3, 0.4) is 0 Å². The van der Waals surface area contributed by atoms with E-state index in [0.29, 0.717) is 4.64 Å². The van der Waals surface area contributed by atoms with Gasteiger partial charge in [-0.1, -0.05) is 18.3 Å². The number of aryl methyl sites for hydroxylation is 2. The average molecular weight is 260 g/mol. The van der Waals surface area contributed by atoms with Crippen molar-refractivity contribution >= 4 is 12.2 Å². The van der Waals surface area contributed by atoms with Crippen LogP contribution in [0.5, 0.6) is 5.75 Å². The lowest BCUT2D eigenvalue weighted by atomic mass is 10.1. The molecule has 4 heteroatoms. The standard InChI is InChI=1S/C14H16N2OS/c1-8-5-6-11(12(7-8)17-4)13-15-10(3)9(2)14(18)16-13/h5-7H,1-4H3,(H,15,16,18). The van der Waals surface area contributed by atoms with Gasteiger partial charge in [0, 0.05) is 11.3 Å². The second-order valence-corrected chi connectivity index (χ2v) is 4.73. The minimum absolute atomic E-state index is 0.629. The molecule has 0 unspecified atom stereocenters. The third-order valence-electron chi connectivity index (χ3n) is 3.01. The van der Waals surface area contributed by atoms with Crippen molar-refractivity contribution < 1.29 is 4.74 Å². The third kappa shape index (κ3) is 2.29. The first-order chi connectivity index (χ1) is 8.52. The molecule has 0 amide bonds. The van der Waals surface area contributed by atoms with Gasteiger partial charge in [0.2, 0.25) is 0 Å².